The van der Waals surface area contributed by atoms with Gasteiger partial charge in [0, 0.05) is 53.8 Å². The molecule has 1 saturated heterocycles. The van der Waals surface area contributed by atoms with Crippen LogP contribution in [0.25, 0.3) is 10.9 Å². The number of fused-ring (bicyclic) bond motifs is 1. The highest BCUT2D eigenvalue weighted by Crippen LogP contribution is 2.20. The number of aromatic amines is 1. The Labute approximate surface area is 187 Å². The molecule has 1 aromatic heterocycles. The Balaban J connectivity index is 1.15. The highest BCUT2D eigenvalue weighted by Gasteiger charge is 2.22. The van der Waals surface area contributed by atoms with E-state index in [0.717, 1.165) is 55.4 Å². The van der Waals surface area contributed by atoms with Gasteiger partial charge in [0.25, 0.3) is 5.91 Å². The van der Waals surface area contributed by atoms with Crippen LogP contribution in [0.4, 0.5) is 4.79 Å². The first-order valence-corrected chi connectivity index (χ1v) is 11.1. The lowest BCUT2D eigenvalue weighted by Gasteiger charge is -2.32. The zero-order valence-electron chi connectivity index (χ0n) is 18.0. The van der Waals surface area contributed by atoms with Crippen molar-refractivity contribution in [2.75, 3.05) is 19.6 Å². The van der Waals surface area contributed by atoms with Crippen molar-refractivity contribution in [3.63, 3.8) is 0 Å². The number of carbonyl (C=O) groups excluding carboxylic acids is 3. The van der Waals surface area contributed by atoms with E-state index in [1.54, 1.807) is 30.5 Å². The number of para-hydroxylation sites is 1. The quantitative estimate of drug-likeness (QED) is 0.496. The molecule has 32 heavy (non-hydrogen) atoms. The summed E-state index contributed by atoms with van der Waals surface area (Å²) in [6.07, 6.45) is 4.77. The Bertz CT molecular complexity index is 1080. The molecule has 0 bridgehead atoms. The number of nitrogens with zero attached hydrogens (tertiary/aromatic N) is 1. The summed E-state index contributed by atoms with van der Waals surface area (Å²) in [5.74, 6) is -0.237. The number of aromatic nitrogens is 1. The van der Waals surface area contributed by atoms with Crippen molar-refractivity contribution in [3.8, 4) is 0 Å². The van der Waals surface area contributed by atoms with Gasteiger partial charge in [-0.15, -0.1) is 0 Å². The van der Waals surface area contributed by atoms with Crippen molar-refractivity contribution in [2.45, 2.75) is 31.7 Å². The number of H-pyrrole nitrogens is 1. The Morgan fingerprint density at radius 2 is 1.69 bits per heavy atom. The SMILES string of the molecule is O=C(NC(=O)c1ccccc1)NC1CCN(CCCC(=O)c2c[nH]c3ccccc23)CC1. The molecular weight excluding hydrogens is 404 g/mol. The van der Waals surface area contributed by atoms with E-state index >= 15 is 0 Å². The monoisotopic (exact) mass is 432 g/mol. The third-order valence-electron chi connectivity index (χ3n) is 5.95. The molecule has 4 rings (SSSR count). The second-order valence-corrected chi connectivity index (χ2v) is 8.18. The van der Waals surface area contributed by atoms with Crippen molar-refractivity contribution in [2.24, 2.45) is 0 Å². The van der Waals surface area contributed by atoms with Gasteiger partial charge in [-0.05, 0) is 44.0 Å². The molecular formula is C25H28N4O3. The molecule has 0 radical (unpaired) electrons. The molecule has 0 saturated carbocycles. The molecule has 3 aromatic rings. The number of Topliss-reactive ketones (excluding diaryl/α,β-unsaturated/α-hetero) is 1. The fraction of sp³-hybridized carbons (Fsp3) is 0.320. The smallest absolute Gasteiger partial charge is 0.321 e. The first-order valence-electron chi connectivity index (χ1n) is 11.1. The van der Waals surface area contributed by atoms with Crippen LogP contribution in [-0.2, 0) is 0 Å². The van der Waals surface area contributed by atoms with E-state index in [-0.39, 0.29) is 11.8 Å². The zero-order chi connectivity index (χ0) is 22.3. The molecule has 7 nitrogen and oxygen atoms in total. The summed E-state index contributed by atoms with van der Waals surface area (Å²) in [5.41, 5.74) is 2.21. The van der Waals surface area contributed by atoms with E-state index in [1.165, 1.54) is 0 Å². The van der Waals surface area contributed by atoms with Gasteiger partial charge in [-0.1, -0.05) is 36.4 Å². The maximum absolute atomic E-state index is 12.6. The molecule has 1 aliphatic heterocycles. The molecule has 2 heterocycles. The van der Waals surface area contributed by atoms with Gasteiger partial charge in [-0.2, -0.15) is 0 Å². The summed E-state index contributed by atoms with van der Waals surface area (Å²) < 4.78 is 0. The summed E-state index contributed by atoms with van der Waals surface area (Å²) in [4.78, 5) is 42.3. The normalized spacial score (nSPS) is 14.9. The van der Waals surface area contributed by atoms with Crippen molar-refractivity contribution >= 4 is 28.6 Å². The van der Waals surface area contributed by atoms with Crippen LogP contribution in [0.2, 0.25) is 0 Å². The van der Waals surface area contributed by atoms with Gasteiger partial charge in [0.2, 0.25) is 0 Å². The lowest BCUT2D eigenvalue weighted by Crippen LogP contribution is -2.49. The maximum Gasteiger partial charge on any atom is 0.321 e. The Morgan fingerprint density at radius 3 is 2.47 bits per heavy atom. The fourth-order valence-electron chi connectivity index (χ4n) is 4.19. The van der Waals surface area contributed by atoms with E-state index < -0.39 is 11.9 Å². The van der Waals surface area contributed by atoms with Crippen LogP contribution in [0.1, 0.15) is 46.4 Å². The summed E-state index contributed by atoms with van der Waals surface area (Å²) in [6.45, 7) is 2.58. The number of piperidine rings is 1. The molecule has 0 aliphatic carbocycles. The lowest BCUT2D eigenvalue weighted by atomic mass is 10.0. The minimum atomic E-state index is -0.457. The highest BCUT2D eigenvalue weighted by atomic mass is 16.2. The van der Waals surface area contributed by atoms with Crippen molar-refractivity contribution in [1.82, 2.24) is 20.5 Å². The van der Waals surface area contributed by atoms with Gasteiger partial charge in [-0.3, -0.25) is 14.9 Å². The van der Waals surface area contributed by atoms with Crippen molar-refractivity contribution in [1.29, 1.82) is 0 Å². The van der Waals surface area contributed by atoms with E-state index in [9.17, 15) is 14.4 Å². The highest BCUT2D eigenvalue weighted by molar-refractivity contribution is 6.07. The number of imide groups is 1. The molecule has 0 spiro atoms. The van der Waals surface area contributed by atoms with Crippen LogP contribution >= 0.6 is 0 Å². The number of likely N-dealkylation sites (tertiary alicyclic amines) is 1. The Kier molecular flexibility index (Phi) is 6.97. The van der Waals surface area contributed by atoms with Crippen LogP contribution in [-0.4, -0.2) is 53.3 Å². The second-order valence-electron chi connectivity index (χ2n) is 8.18. The topological polar surface area (TPSA) is 94.3 Å². The van der Waals surface area contributed by atoms with E-state index in [2.05, 4.69) is 20.5 Å². The molecule has 7 heteroatoms. The summed E-state index contributed by atoms with van der Waals surface area (Å²) in [7, 11) is 0. The number of carbonyl (C=O) groups is 3. The maximum atomic E-state index is 12.6. The van der Waals surface area contributed by atoms with Crippen LogP contribution in [0, 0.1) is 0 Å². The minimum Gasteiger partial charge on any atom is -0.360 e. The zero-order valence-corrected chi connectivity index (χ0v) is 18.0. The van der Waals surface area contributed by atoms with E-state index in [4.69, 9.17) is 0 Å². The lowest BCUT2D eigenvalue weighted by molar-refractivity contribution is 0.0953. The predicted octanol–water partition coefficient (Wildman–Crippen LogP) is 3.73. The van der Waals surface area contributed by atoms with Gasteiger partial charge >= 0.3 is 6.03 Å². The van der Waals surface area contributed by atoms with Gasteiger partial charge in [-0.25, -0.2) is 4.79 Å². The van der Waals surface area contributed by atoms with Crippen molar-refractivity contribution in [3.05, 3.63) is 71.9 Å². The number of nitrogens with one attached hydrogen (secondary N) is 3. The molecule has 166 valence electrons. The number of amides is 3. The van der Waals surface area contributed by atoms with Crippen LogP contribution < -0.4 is 10.6 Å². The first-order chi connectivity index (χ1) is 15.6. The number of hydrogen-bond acceptors (Lipinski definition) is 4. The Morgan fingerprint density at radius 1 is 0.969 bits per heavy atom. The molecule has 3 amide bonds. The third kappa shape index (κ3) is 5.42. The van der Waals surface area contributed by atoms with Crippen LogP contribution in [0.15, 0.2) is 60.8 Å². The number of ketones is 1. The van der Waals surface area contributed by atoms with Gasteiger partial charge in [0.05, 0.1) is 0 Å². The van der Waals surface area contributed by atoms with Gasteiger partial charge < -0.3 is 15.2 Å². The number of hydrogen-bond donors (Lipinski definition) is 3. The molecule has 1 aliphatic rings. The molecule has 2 aromatic carbocycles. The van der Waals surface area contributed by atoms with Gasteiger partial charge in [0.15, 0.2) is 5.78 Å². The van der Waals surface area contributed by atoms with Crippen LogP contribution in [0.5, 0.6) is 0 Å². The average molecular weight is 433 g/mol. The number of rotatable bonds is 7. The molecule has 1 fully saturated rings. The summed E-state index contributed by atoms with van der Waals surface area (Å²) >= 11 is 0. The van der Waals surface area contributed by atoms with E-state index in [1.807, 2.05) is 30.3 Å². The summed E-state index contributed by atoms with van der Waals surface area (Å²) in [6, 6.07) is 16.1. The molecule has 0 unspecified atom stereocenters. The minimum absolute atomic E-state index is 0.0441. The average Bonchev–Trinajstić information content (AvgIpc) is 3.25. The fourth-order valence-corrected chi connectivity index (χ4v) is 4.19. The van der Waals surface area contributed by atoms with Crippen LogP contribution in [0.3, 0.4) is 0 Å². The predicted molar refractivity (Wildman–Crippen MR) is 124 cm³/mol. The van der Waals surface area contributed by atoms with Gasteiger partial charge in [0.1, 0.15) is 0 Å². The Hall–Kier alpha value is -3.45. The van der Waals surface area contributed by atoms with E-state index in [0.29, 0.717) is 12.0 Å². The second kappa shape index (κ2) is 10.2. The largest absolute Gasteiger partial charge is 0.360 e. The van der Waals surface area contributed by atoms with Crippen molar-refractivity contribution < 1.29 is 14.4 Å². The molecule has 3 N–H and O–H groups in total. The third-order valence-corrected chi connectivity index (χ3v) is 5.95. The standard InChI is InChI=1S/C25H28N4O3/c30-23(21-17-26-22-10-5-4-9-20(21)22)11-6-14-29-15-12-19(13-16-29)27-25(32)28-24(31)18-7-2-1-3-8-18/h1-5,7-10,17,19,26H,6,11-16H2,(H2,27,28,31,32). The number of urea groups is 1. The first kappa shape index (κ1) is 21.8. The summed E-state index contributed by atoms with van der Waals surface area (Å²) in [5, 5.41) is 6.26. The number of benzene rings is 2. The molecule has 0 atom stereocenters.